The summed E-state index contributed by atoms with van der Waals surface area (Å²) in [6, 6.07) is 7.70. The molecule has 0 heterocycles. The molecule has 0 bridgehead atoms. The average molecular weight is 290 g/mol. The van der Waals surface area contributed by atoms with Crippen LogP contribution in [0.3, 0.4) is 0 Å². The van der Waals surface area contributed by atoms with Gasteiger partial charge in [-0.2, -0.15) is 0 Å². The Balaban J connectivity index is 2.25. The van der Waals surface area contributed by atoms with Crippen molar-refractivity contribution >= 4 is 11.6 Å². The minimum Gasteiger partial charge on any atom is -0.379 e. The predicted octanol–water partition coefficient (Wildman–Crippen LogP) is 3.29. The summed E-state index contributed by atoms with van der Waals surface area (Å²) >= 11 is 0. The molecule has 5 heteroatoms. The van der Waals surface area contributed by atoms with Gasteiger partial charge in [-0.3, -0.25) is 4.79 Å². The second kappa shape index (κ2) is 5.91. The molecule has 0 aliphatic heterocycles. The van der Waals surface area contributed by atoms with Crippen molar-refractivity contribution < 1.29 is 13.6 Å². The van der Waals surface area contributed by atoms with Crippen LogP contribution >= 0.6 is 0 Å². The summed E-state index contributed by atoms with van der Waals surface area (Å²) in [6.07, 6.45) is 0. The summed E-state index contributed by atoms with van der Waals surface area (Å²) in [5, 5.41) is 2.87. The summed E-state index contributed by atoms with van der Waals surface area (Å²) in [6.45, 7) is 4.28. The van der Waals surface area contributed by atoms with Crippen LogP contribution < -0.4 is 11.1 Å². The van der Waals surface area contributed by atoms with Crippen LogP contribution in [0.1, 0.15) is 27.0 Å². The van der Waals surface area contributed by atoms with E-state index in [1.807, 2.05) is 32.0 Å². The average Bonchev–Trinajstić information content (AvgIpc) is 2.41. The molecular formula is C16H16F2N2O. The molecule has 0 spiro atoms. The van der Waals surface area contributed by atoms with Crippen molar-refractivity contribution in [2.24, 2.45) is 5.73 Å². The van der Waals surface area contributed by atoms with Gasteiger partial charge in [-0.05, 0) is 31.0 Å². The smallest absolute Gasteiger partial charge is 0.251 e. The highest BCUT2D eigenvalue weighted by Gasteiger charge is 2.13. The maximum Gasteiger partial charge on any atom is 0.251 e. The second-order valence-electron chi connectivity index (χ2n) is 4.96. The third-order valence-electron chi connectivity index (χ3n) is 3.30. The van der Waals surface area contributed by atoms with Gasteiger partial charge in [0.2, 0.25) is 0 Å². The van der Waals surface area contributed by atoms with Crippen LogP contribution in [0.25, 0.3) is 0 Å². The first kappa shape index (κ1) is 15.0. The van der Waals surface area contributed by atoms with Gasteiger partial charge in [-0.15, -0.1) is 0 Å². The van der Waals surface area contributed by atoms with E-state index in [2.05, 4.69) is 5.32 Å². The van der Waals surface area contributed by atoms with Crippen LogP contribution in [0.4, 0.5) is 14.5 Å². The Kier molecular flexibility index (Phi) is 4.21. The van der Waals surface area contributed by atoms with Crippen molar-refractivity contribution in [2.75, 3.05) is 5.32 Å². The minimum atomic E-state index is -0.961. The lowest BCUT2D eigenvalue weighted by molar-refractivity contribution is 0.0996. The fraction of sp³-hybridized carbons (Fsp3) is 0.188. The molecule has 0 aromatic heterocycles. The molecule has 1 amide bonds. The highest BCUT2D eigenvalue weighted by molar-refractivity contribution is 5.94. The van der Waals surface area contributed by atoms with Gasteiger partial charge in [0.05, 0.1) is 11.3 Å². The number of hydrogen-bond acceptors (Lipinski definition) is 2. The molecule has 2 rings (SSSR count). The SMILES string of the molecule is Cc1ccc(C)c(CNc2cc(C(N)=O)c(F)cc2F)c1. The van der Waals surface area contributed by atoms with Crippen LogP contribution in [-0.2, 0) is 6.54 Å². The highest BCUT2D eigenvalue weighted by Crippen LogP contribution is 2.21. The number of anilines is 1. The molecule has 3 nitrogen and oxygen atoms in total. The third kappa shape index (κ3) is 3.37. The molecule has 3 N–H and O–H groups in total. The Labute approximate surface area is 121 Å². The molecule has 0 saturated heterocycles. The van der Waals surface area contributed by atoms with Crippen LogP contribution in [0, 0.1) is 25.5 Å². The number of benzene rings is 2. The van der Waals surface area contributed by atoms with Crippen molar-refractivity contribution in [1.82, 2.24) is 0 Å². The summed E-state index contributed by atoms with van der Waals surface area (Å²) < 4.78 is 27.1. The number of hydrogen-bond donors (Lipinski definition) is 2. The molecular weight excluding hydrogens is 274 g/mol. The van der Waals surface area contributed by atoms with Crippen molar-refractivity contribution in [1.29, 1.82) is 0 Å². The summed E-state index contributed by atoms with van der Waals surface area (Å²) in [7, 11) is 0. The number of nitrogens with two attached hydrogens (primary N) is 1. The molecule has 0 atom stereocenters. The largest absolute Gasteiger partial charge is 0.379 e. The first-order valence-electron chi connectivity index (χ1n) is 6.47. The first-order valence-corrected chi connectivity index (χ1v) is 6.47. The van der Waals surface area contributed by atoms with E-state index in [0.29, 0.717) is 12.6 Å². The summed E-state index contributed by atoms with van der Waals surface area (Å²) in [5.41, 5.74) is 7.92. The molecule has 2 aromatic carbocycles. The van der Waals surface area contributed by atoms with Crippen LogP contribution in [0.2, 0.25) is 0 Å². The van der Waals surface area contributed by atoms with E-state index >= 15 is 0 Å². The highest BCUT2D eigenvalue weighted by atomic mass is 19.1. The number of carbonyl (C=O) groups excluding carboxylic acids is 1. The molecule has 0 radical (unpaired) electrons. The number of amides is 1. The molecule has 0 aliphatic rings. The third-order valence-corrected chi connectivity index (χ3v) is 3.30. The van der Waals surface area contributed by atoms with E-state index in [1.165, 1.54) is 0 Å². The Hall–Kier alpha value is -2.43. The Bertz CT molecular complexity index is 699. The maximum absolute atomic E-state index is 13.7. The van der Waals surface area contributed by atoms with Crippen molar-refractivity contribution in [3.63, 3.8) is 0 Å². The Morgan fingerprint density at radius 2 is 1.86 bits per heavy atom. The van der Waals surface area contributed by atoms with Crippen LogP contribution in [0.5, 0.6) is 0 Å². The van der Waals surface area contributed by atoms with E-state index in [4.69, 9.17) is 5.73 Å². The van der Waals surface area contributed by atoms with E-state index < -0.39 is 17.5 Å². The normalized spacial score (nSPS) is 10.5. The number of aryl methyl sites for hydroxylation is 2. The van der Waals surface area contributed by atoms with Gasteiger partial charge in [-0.25, -0.2) is 8.78 Å². The van der Waals surface area contributed by atoms with Crippen LogP contribution in [-0.4, -0.2) is 5.91 Å². The lowest BCUT2D eigenvalue weighted by Gasteiger charge is -2.12. The quantitative estimate of drug-likeness (QED) is 0.907. The van der Waals surface area contributed by atoms with Crippen molar-refractivity contribution in [2.45, 2.75) is 20.4 Å². The van der Waals surface area contributed by atoms with Gasteiger partial charge < -0.3 is 11.1 Å². The molecule has 0 fully saturated rings. The van der Waals surface area contributed by atoms with E-state index in [1.54, 1.807) is 0 Å². The molecule has 2 aromatic rings. The molecule has 0 saturated carbocycles. The van der Waals surface area contributed by atoms with E-state index in [0.717, 1.165) is 22.8 Å². The second-order valence-corrected chi connectivity index (χ2v) is 4.96. The van der Waals surface area contributed by atoms with Gasteiger partial charge in [0.25, 0.3) is 5.91 Å². The van der Waals surface area contributed by atoms with Gasteiger partial charge in [-0.1, -0.05) is 23.8 Å². The van der Waals surface area contributed by atoms with Gasteiger partial charge in [0.15, 0.2) is 0 Å². The van der Waals surface area contributed by atoms with Crippen molar-refractivity contribution in [3.8, 4) is 0 Å². The monoisotopic (exact) mass is 290 g/mol. The zero-order valence-corrected chi connectivity index (χ0v) is 11.8. The molecule has 21 heavy (non-hydrogen) atoms. The van der Waals surface area contributed by atoms with Gasteiger partial charge in [0, 0.05) is 12.6 Å². The lowest BCUT2D eigenvalue weighted by Crippen LogP contribution is -2.14. The van der Waals surface area contributed by atoms with Crippen molar-refractivity contribution in [3.05, 3.63) is 64.2 Å². The number of nitrogens with one attached hydrogen (secondary N) is 1. The Morgan fingerprint density at radius 3 is 2.52 bits per heavy atom. The summed E-state index contributed by atoms with van der Waals surface area (Å²) in [5.74, 6) is -2.65. The zero-order chi connectivity index (χ0) is 15.6. The topological polar surface area (TPSA) is 55.1 Å². The first-order chi connectivity index (χ1) is 9.88. The summed E-state index contributed by atoms with van der Waals surface area (Å²) in [4.78, 5) is 11.1. The molecule has 0 aliphatic carbocycles. The molecule has 110 valence electrons. The fourth-order valence-electron chi connectivity index (χ4n) is 2.05. The number of carbonyl (C=O) groups is 1. The lowest BCUT2D eigenvalue weighted by atomic mass is 10.1. The van der Waals surface area contributed by atoms with Gasteiger partial charge in [0.1, 0.15) is 11.6 Å². The minimum absolute atomic E-state index is 0.0473. The number of primary amides is 1. The molecule has 0 unspecified atom stereocenters. The number of halogens is 2. The fourth-order valence-corrected chi connectivity index (χ4v) is 2.05. The standard InChI is InChI=1S/C16H16F2N2O/c1-9-3-4-10(2)11(5-9)8-20-15-6-12(16(19)21)13(17)7-14(15)18/h3-7,20H,8H2,1-2H3,(H2,19,21). The van der Waals surface area contributed by atoms with E-state index in [9.17, 15) is 13.6 Å². The van der Waals surface area contributed by atoms with Gasteiger partial charge >= 0.3 is 0 Å². The maximum atomic E-state index is 13.7. The zero-order valence-electron chi connectivity index (χ0n) is 11.8. The van der Waals surface area contributed by atoms with E-state index in [-0.39, 0.29) is 11.3 Å². The predicted molar refractivity (Wildman–Crippen MR) is 78.1 cm³/mol. The number of rotatable bonds is 4. The Morgan fingerprint density at radius 1 is 1.14 bits per heavy atom. The van der Waals surface area contributed by atoms with Crippen LogP contribution in [0.15, 0.2) is 30.3 Å².